The normalized spacial score (nSPS) is 16.5. The number of hydrazine groups is 1. The SMILES string of the molecule is CC(=O)Nc1ccc(S(=O)(=O)NN2CCC[C@@H]2CCCOc2ccc(C(C)=O)cc2)cc1Cl. The number of nitrogens with zero attached hydrogens (tertiary/aromatic N) is 1. The summed E-state index contributed by atoms with van der Waals surface area (Å²) in [5.41, 5.74) is 1.00. The molecule has 178 valence electrons. The fraction of sp³-hybridized carbons (Fsp3) is 0.391. The highest BCUT2D eigenvalue weighted by atomic mass is 35.5. The van der Waals surface area contributed by atoms with Crippen molar-refractivity contribution in [2.75, 3.05) is 18.5 Å². The second-order valence-corrected chi connectivity index (χ2v) is 10.0. The van der Waals surface area contributed by atoms with Crippen LogP contribution in [0.2, 0.25) is 5.02 Å². The number of carbonyl (C=O) groups is 2. The van der Waals surface area contributed by atoms with Crippen LogP contribution in [0.5, 0.6) is 5.75 Å². The molecule has 1 aliphatic rings. The van der Waals surface area contributed by atoms with Crippen LogP contribution in [-0.2, 0) is 14.8 Å². The summed E-state index contributed by atoms with van der Waals surface area (Å²) in [6, 6.07) is 11.3. The van der Waals surface area contributed by atoms with Gasteiger partial charge in [0.25, 0.3) is 10.0 Å². The lowest BCUT2D eigenvalue weighted by molar-refractivity contribution is -0.114. The van der Waals surface area contributed by atoms with Crippen LogP contribution in [0.3, 0.4) is 0 Å². The molecule has 1 aliphatic heterocycles. The van der Waals surface area contributed by atoms with Gasteiger partial charge >= 0.3 is 0 Å². The van der Waals surface area contributed by atoms with E-state index in [1.54, 1.807) is 29.3 Å². The minimum absolute atomic E-state index is 0.0104. The second-order valence-electron chi connectivity index (χ2n) is 7.98. The predicted octanol–water partition coefficient (Wildman–Crippen LogP) is 4.02. The van der Waals surface area contributed by atoms with Crippen molar-refractivity contribution in [1.82, 2.24) is 9.84 Å². The Kier molecular flexibility index (Phi) is 8.47. The summed E-state index contributed by atoms with van der Waals surface area (Å²) in [6.45, 7) is 3.99. The maximum absolute atomic E-state index is 12.9. The van der Waals surface area contributed by atoms with Crippen LogP contribution >= 0.6 is 11.6 Å². The topological polar surface area (TPSA) is 105 Å². The molecule has 1 saturated heterocycles. The molecule has 0 aliphatic carbocycles. The van der Waals surface area contributed by atoms with Crippen molar-refractivity contribution in [1.29, 1.82) is 0 Å². The van der Waals surface area contributed by atoms with Crippen LogP contribution < -0.4 is 14.9 Å². The van der Waals surface area contributed by atoms with Gasteiger partial charge in [-0.15, -0.1) is 4.83 Å². The summed E-state index contributed by atoms with van der Waals surface area (Å²) >= 11 is 6.13. The second kappa shape index (κ2) is 11.1. The number of ketones is 1. The molecule has 0 aromatic heterocycles. The molecule has 2 aromatic carbocycles. The summed E-state index contributed by atoms with van der Waals surface area (Å²) in [6.07, 6.45) is 3.31. The molecule has 0 radical (unpaired) electrons. The number of rotatable bonds is 10. The van der Waals surface area contributed by atoms with Crippen molar-refractivity contribution in [2.24, 2.45) is 0 Å². The standard InChI is InChI=1S/C23H28ClN3O5S/c1-16(28)18-7-9-20(10-8-18)32-14-4-6-19-5-3-13-27(19)26-33(30,31)21-11-12-23(22(24)15-21)25-17(2)29/h7-12,15,19,26H,3-6,13-14H2,1-2H3,(H,25,29)/t19-/m1/s1. The highest BCUT2D eigenvalue weighted by molar-refractivity contribution is 7.89. The Labute approximate surface area is 199 Å². The first-order valence-corrected chi connectivity index (χ1v) is 12.6. The molecule has 3 rings (SSSR count). The lowest BCUT2D eigenvalue weighted by atomic mass is 10.1. The van der Waals surface area contributed by atoms with Crippen LogP contribution in [0.4, 0.5) is 5.69 Å². The van der Waals surface area contributed by atoms with Gasteiger partial charge in [-0.25, -0.2) is 13.4 Å². The Balaban J connectivity index is 1.52. The largest absolute Gasteiger partial charge is 0.494 e. The molecule has 10 heteroatoms. The molecule has 0 unspecified atom stereocenters. The zero-order valence-corrected chi connectivity index (χ0v) is 20.2. The van der Waals surface area contributed by atoms with Gasteiger partial charge in [0.2, 0.25) is 5.91 Å². The van der Waals surface area contributed by atoms with E-state index in [0.29, 0.717) is 30.2 Å². The van der Waals surface area contributed by atoms with E-state index in [0.717, 1.165) is 25.7 Å². The highest BCUT2D eigenvalue weighted by Gasteiger charge is 2.29. The number of anilines is 1. The predicted molar refractivity (Wildman–Crippen MR) is 127 cm³/mol. The monoisotopic (exact) mass is 493 g/mol. The summed E-state index contributed by atoms with van der Waals surface area (Å²) < 4.78 is 31.5. The van der Waals surface area contributed by atoms with Crippen molar-refractivity contribution in [2.45, 2.75) is 50.5 Å². The first kappa shape index (κ1) is 25.2. The molecular weight excluding hydrogens is 466 g/mol. The van der Waals surface area contributed by atoms with Gasteiger partial charge in [0.05, 0.1) is 22.2 Å². The average molecular weight is 494 g/mol. The van der Waals surface area contributed by atoms with Crippen molar-refractivity contribution >= 4 is 39.0 Å². The first-order chi connectivity index (χ1) is 15.7. The van der Waals surface area contributed by atoms with E-state index in [1.165, 1.54) is 32.0 Å². The smallest absolute Gasteiger partial charge is 0.253 e. The number of Topliss-reactive ketones (excluding diaryl/α,β-unsaturated/α-hetero) is 1. The van der Waals surface area contributed by atoms with Gasteiger partial charge in [-0.05, 0) is 75.1 Å². The zero-order valence-electron chi connectivity index (χ0n) is 18.6. The number of halogens is 1. The number of benzene rings is 2. The highest BCUT2D eigenvalue weighted by Crippen LogP contribution is 2.27. The maximum atomic E-state index is 12.9. The fourth-order valence-corrected chi connectivity index (χ4v) is 5.18. The van der Waals surface area contributed by atoms with Gasteiger partial charge in [-0.3, -0.25) is 9.59 Å². The third-order valence-electron chi connectivity index (χ3n) is 5.39. The first-order valence-electron chi connectivity index (χ1n) is 10.8. The van der Waals surface area contributed by atoms with Crippen LogP contribution in [0, 0.1) is 0 Å². The Bertz CT molecular complexity index is 1110. The lowest BCUT2D eigenvalue weighted by Crippen LogP contribution is -2.45. The Morgan fingerprint density at radius 2 is 1.88 bits per heavy atom. The summed E-state index contributed by atoms with van der Waals surface area (Å²) in [5.74, 6) is 0.419. The van der Waals surface area contributed by atoms with E-state index < -0.39 is 10.0 Å². The summed E-state index contributed by atoms with van der Waals surface area (Å²) in [5, 5.41) is 4.47. The Morgan fingerprint density at radius 3 is 2.52 bits per heavy atom. The van der Waals surface area contributed by atoms with Crippen LogP contribution in [0.1, 0.15) is 49.9 Å². The zero-order chi connectivity index (χ0) is 24.0. The van der Waals surface area contributed by atoms with E-state index >= 15 is 0 Å². The van der Waals surface area contributed by atoms with Crippen molar-refractivity contribution in [3.05, 3.63) is 53.1 Å². The number of hydrogen-bond donors (Lipinski definition) is 2. The average Bonchev–Trinajstić information content (AvgIpc) is 3.18. The number of amides is 1. The van der Waals surface area contributed by atoms with E-state index in [1.807, 2.05) is 0 Å². The van der Waals surface area contributed by atoms with E-state index in [4.69, 9.17) is 16.3 Å². The number of hydrogen-bond acceptors (Lipinski definition) is 6. The lowest BCUT2D eigenvalue weighted by Gasteiger charge is -2.25. The molecule has 2 N–H and O–H groups in total. The van der Waals surface area contributed by atoms with Crippen molar-refractivity contribution < 1.29 is 22.7 Å². The van der Waals surface area contributed by atoms with Gasteiger partial charge in [0.15, 0.2) is 5.78 Å². The fourth-order valence-electron chi connectivity index (χ4n) is 3.71. The molecule has 0 bridgehead atoms. The third kappa shape index (κ3) is 7.01. The van der Waals surface area contributed by atoms with Gasteiger partial charge < -0.3 is 10.1 Å². The molecule has 0 spiro atoms. The number of ether oxygens (including phenoxy) is 1. The minimum atomic E-state index is -3.81. The molecule has 1 atom stereocenters. The molecule has 1 heterocycles. The molecule has 1 amide bonds. The third-order valence-corrected chi connectivity index (χ3v) is 7.05. The number of sulfonamides is 1. The molecule has 1 fully saturated rings. The van der Waals surface area contributed by atoms with Gasteiger partial charge in [0.1, 0.15) is 5.75 Å². The number of nitrogens with one attached hydrogen (secondary N) is 2. The van der Waals surface area contributed by atoms with Crippen molar-refractivity contribution in [3.63, 3.8) is 0 Å². The summed E-state index contributed by atoms with van der Waals surface area (Å²) in [7, 11) is -3.81. The van der Waals surface area contributed by atoms with Crippen molar-refractivity contribution in [3.8, 4) is 5.75 Å². The quantitative estimate of drug-likeness (QED) is 0.382. The molecule has 2 aromatic rings. The minimum Gasteiger partial charge on any atom is -0.494 e. The van der Waals surface area contributed by atoms with Crippen LogP contribution in [-0.4, -0.2) is 44.3 Å². The van der Waals surface area contributed by atoms with Crippen LogP contribution in [0.25, 0.3) is 0 Å². The van der Waals surface area contributed by atoms with E-state index in [-0.39, 0.29) is 27.7 Å². The molecule has 0 saturated carbocycles. The Hall–Kier alpha value is -2.46. The van der Waals surface area contributed by atoms with Crippen LogP contribution in [0.15, 0.2) is 47.4 Å². The molecule has 33 heavy (non-hydrogen) atoms. The van der Waals surface area contributed by atoms with E-state index in [2.05, 4.69) is 10.1 Å². The number of carbonyl (C=O) groups excluding carboxylic acids is 2. The summed E-state index contributed by atoms with van der Waals surface area (Å²) in [4.78, 5) is 25.3. The molecular formula is C23H28ClN3O5S. The van der Waals surface area contributed by atoms with E-state index in [9.17, 15) is 18.0 Å². The Morgan fingerprint density at radius 1 is 1.15 bits per heavy atom. The van der Waals surface area contributed by atoms with Gasteiger partial charge in [0, 0.05) is 25.1 Å². The van der Waals surface area contributed by atoms with Gasteiger partial charge in [-0.2, -0.15) is 0 Å². The van der Waals surface area contributed by atoms with Gasteiger partial charge in [-0.1, -0.05) is 11.6 Å². The molecule has 8 nitrogen and oxygen atoms in total. The maximum Gasteiger partial charge on any atom is 0.253 e.